The van der Waals surface area contributed by atoms with Gasteiger partial charge < -0.3 is 10.1 Å². The zero-order valence-corrected chi connectivity index (χ0v) is 17.8. The third kappa shape index (κ3) is 4.96. The first-order valence-corrected chi connectivity index (χ1v) is 10.6. The van der Waals surface area contributed by atoms with Crippen molar-refractivity contribution in [1.82, 2.24) is 19.6 Å². The second kappa shape index (κ2) is 8.42. The van der Waals surface area contributed by atoms with Crippen molar-refractivity contribution < 1.29 is 9.53 Å². The highest BCUT2D eigenvalue weighted by atomic mass is 16.5. The van der Waals surface area contributed by atoms with Gasteiger partial charge in [-0.25, -0.2) is 9.50 Å². The van der Waals surface area contributed by atoms with Gasteiger partial charge in [0.05, 0.1) is 18.3 Å². The molecule has 158 valence electrons. The summed E-state index contributed by atoms with van der Waals surface area (Å²) in [6.45, 7) is 6.16. The molecule has 1 saturated carbocycles. The Morgan fingerprint density at radius 3 is 2.57 bits per heavy atom. The van der Waals surface area contributed by atoms with E-state index in [1.165, 1.54) is 0 Å². The number of hydrogen-bond donors (Lipinski definition) is 1. The quantitative estimate of drug-likeness (QED) is 0.628. The third-order valence-electron chi connectivity index (χ3n) is 5.34. The van der Waals surface area contributed by atoms with Gasteiger partial charge in [-0.3, -0.25) is 9.78 Å². The van der Waals surface area contributed by atoms with E-state index in [0.717, 1.165) is 48.4 Å². The molecule has 1 aliphatic rings. The minimum atomic E-state index is -0.0882. The second-order valence-corrected chi connectivity index (χ2v) is 9.21. The predicted octanol–water partition coefficient (Wildman–Crippen LogP) is 4.49. The Morgan fingerprint density at radius 1 is 1.13 bits per heavy atom. The number of fused-ring (bicyclic) bond motifs is 1. The number of rotatable bonds is 5. The lowest BCUT2D eigenvalue weighted by atomic mass is 9.91. The van der Waals surface area contributed by atoms with Crippen LogP contribution in [0, 0.1) is 5.41 Å². The van der Waals surface area contributed by atoms with Gasteiger partial charge in [0.1, 0.15) is 11.9 Å². The highest BCUT2D eigenvalue weighted by molar-refractivity contribution is 5.70. The Balaban J connectivity index is 1.37. The normalized spacial score (nSPS) is 19.6. The van der Waals surface area contributed by atoms with E-state index in [-0.39, 0.29) is 17.5 Å². The van der Waals surface area contributed by atoms with Crippen molar-refractivity contribution in [2.45, 2.75) is 65.0 Å². The summed E-state index contributed by atoms with van der Waals surface area (Å²) in [5, 5.41) is 8.29. The molecule has 30 heavy (non-hydrogen) atoms. The Hall–Kier alpha value is -2.96. The van der Waals surface area contributed by atoms with Crippen LogP contribution in [0.25, 0.3) is 16.9 Å². The van der Waals surface area contributed by atoms with Crippen LogP contribution in [0.2, 0.25) is 0 Å². The standard InChI is InChI=1S/C23H29N5O2/c1-23(2,3)14-22(29)30-18-6-4-17(5-7-18)26-20-8-9-21-25-15-19(28(21)27-20)16-10-12-24-13-11-16/h8-13,15,17-18H,4-7,14H2,1-3H3,(H,26,27). The molecule has 1 aliphatic carbocycles. The molecular formula is C23H29N5O2. The lowest BCUT2D eigenvalue weighted by molar-refractivity contribution is -0.152. The smallest absolute Gasteiger partial charge is 0.306 e. The molecule has 4 rings (SSSR count). The number of carbonyl (C=O) groups excluding carboxylic acids is 1. The van der Waals surface area contributed by atoms with E-state index in [9.17, 15) is 4.79 Å². The molecule has 3 aromatic heterocycles. The van der Waals surface area contributed by atoms with Crippen LogP contribution in [-0.2, 0) is 9.53 Å². The Kier molecular flexibility index (Phi) is 5.70. The molecule has 7 heteroatoms. The van der Waals surface area contributed by atoms with Crippen LogP contribution in [0.4, 0.5) is 5.82 Å². The molecule has 0 spiro atoms. The van der Waals surface area contributed by atoms with Crippen molar-refractivity contribution in [3.05, 3.63) is 42.9 Å². The van der Waals surface area contributed by atoms with Gasteiger partial charge in [-0.1, -0.05) is 20.8 Å². The highest BCUT2D eigenvalue weighted by Crippen LogP contribution is 2.27. The number of anilines is 1. The van der Waals surface area contributed by atoms with Crippen molar-refractivity contribution in [3.63, 3.8) is 0 Å². The third-order valence-corrected chi connectivity index (χ3v) is 5.34. The summed E-state index contributed by atoms with van der Waals surface area (Å²) < 4.78 is 7.54. The highest BCUT2D eigenvalue weighted by Gasteiger charge is 2.26. The molecule has 1 fully saturated rings. The number of nitrogens with zero attached hydrogens (tertiary/aromatic N) is 4. The number of ether oxygens (including phenoxy) is 1. The minimum Gasteiger partial charge on any atom is -0.462 e. The number of esters is 1. The Bertz CT molecular complexity index is 1000. The monoisotopic (exact) mass is 407 g/mol. The fraction of sp³-hybridized carbons (Fsp3) is 0.478. The number of pyridine rings is 1. The van der Waals surface area contributed by atoms with Crippen molar-refractivity contribution in [3.8, 4) is 11.3 Å². The van der Waals surface area contributed by atoms with Gasteiger partial charge in [0.25, 0.3) is 0 Å². The minimum absolute atomic E-state index is 0.0280. The maximum Gasteiger partial charge on any atom is 0.306 e. The summed E-state index contributed by atoms with van der Waals surface area (Å²) in [5.41, 5.74) is 2.73. The van der Waals surface area contributed by atoms with Gasteiger partial charge in [0.15, 0.2) is 5.65 Å². The fourth-order valence-corrected chi connectivity index (χ4v) is 3.86. The molecule has 0 aromatic carbocycles. The summed E-state index contributed by atoms with van der Waals surface area (Å²) in [7, 11) is 0. The van der Waals surface area contributed by atoms with E-state index in [0.29, 0.717) is 12.5 Å². The van der Waals surface area contributed by atoms with Gasteiger partial charge in [-0.05, 0) is 55.4 Å². The van der Waals surface area contributed by atoms with Crippen LogP contribution >= 0.6 is 0 Å². The lowest BCUT2D eigenvalue weighted by Gasteiger charge is -2.30. The molecule has 0 saturated heterocycles. The summed E-state index contributed by atoms with van der Waals surface area (Å²) in [6.07, 6.45) is 9.51. The van der Waals surface area contributed by atoms with E-state index in [4.69, 9.17) is 9.84 Å². The summed E-state index contributed by atoms with van der Waals surface area (Å²) in [4.78, 5) is 20.6. The average Bonchev–Trinajstić information content (AvgIpc) is 3.12. The molecule has 7 nitrogen and oxygen atoms in total. The summed E-state index contributed by atoms with van der Waals surface area (Å²) >= 11 is 0. The number of carbonyl (C=O) groups is 1. The average molecular weight is 408 g/mol. The second-order valence-electron chi connectivity index (χ2n) is 9.21. The molecule has 1 N–H and O–H groups in total. The predicted molar refractivity (Wildman–Crippen MR) is 116 cm³/mol. The van der Waals surface area contributed by atoms with Crippen LogP contribution in [0.1, 0.15) is 52.9 Å². The van der Waals surface area contributed by atoms with Gasteiger partial charge in [-0.15, -0.1) is 5.10 Å². The zero-order chi connectivity index (χ0) is 21.1. The van der Waals surface area contributed by atoms with E-state index in [1.807, 2.05) is 35.0 Å². The molecule has 0 atom stereocenters. The maximum atomic E-state index is 12.1. The van der Waals surface area contributed by atoms with Crippen LogP contribution in [0.5, 0.6) is 0 Å². The van der Waals surface area contributed by atoms with Crippen LogP contribution in [-0.4, -0.2) is 37.7 Å². The number of nitrogens with one attached hydrogen (secondary N) is 1. The van der Waals surface area contributed by atoms with Gasteiger partial charge in [-0.2, -0.15) is 0 Å². The molecular weight excluding hydrogens is 378 g/mol. The Labute approximate surface area is 176 Å². The van der Waals surface area contributed by atoms with Gasteiger partial charge in [0.2, 0.25) is 0 Å². The largest absolute Gasteiger partial charge is 0.462 e. The summed E-state index contributed by atoms with van der Waals surface area (Å²) in [5.74, 6) is 0.735. The van der Waals surface area contributed by atoms with Crippen LogP contribution < -0.4 is 5.32 Å². The fourth-order valence-electron chi connectivity index (χ4n) is 3.86. The molecule has 0 unspecified atom stereocenters. The SMILES string of the molecule is CC(C)(C)CC(=O)OC1CCC(Nc2ccc3ncc(-c4ccncc4)n3n2)CC1. The van der Waals surface area contributed by atoms with E-state index in [2.05, 4.69) is 36.1 Å². The number of hydrogen-bond acceptors (Lipinski definition) is 6. The molecule has 0 aliphatic heterocycles. The van der Waals surface area contributed by atoms with Gasteiger partial charge in [0, 0.05) is 24.0 Å². The van der Waals surface area contributed by atoms with Crippen LogP contribution in [0.3, 0.4) is 0 Å². The molecule has 3 aromatic rings. The lowest BCUT2D eigenvalue weighted by Crippen LogP contribution is -2.32. The topological polar surface area (TPSA) is 81.4 Å². The van der Waals surface area contributed by atoms with E-state index in [1.54, 1.807) is 12.4 Å². The molecule has 3 heterocycles. The van der Waals surface area contributed by atoms with Crippen molar-refractivity contribution in [1.29, 1.82) is 0 Å². The van der Waals surface area contributed by atoms with Crippen LogP contribution in [0.15, 0.2) is 42.9 Å². The maximum absolute atomic E-state index is 12.1. The number of aromatic nitrogens is 4. The number of imidazole rings is 1. The molecule has 0 amide bonds. The van der Waals surface area contributed by atoms with Crippen molar-refractivity contribution in [2.75, 3.05) is 5.32 Å². The first-order valence-electron chi connectivity index (χ1n) is 10.6. The Morgan fingerprint density at radius 2 is 1.87 bits per heavy atom. The summed E-state index contributed by atoms with van der Waals surface area (Å²) in [6, 6.07) is 8.16. The van der Waals surface area contributed by atoms with Crippen molar-refractivity contribution >= 4 is 17.4 Å². The first-order chi connectivity index (χ1) is 14.4. The molecule has 0 radical (unpaired) electrons. The molecule has 0 bridgehead atoms. The zero-order valence-electron chi connectivity index (χ0n) is 17.8. The van der Waals surface area contributed by atoms with E-state index < -0.39 is 0 Å². The van der Waals surface area contributed by atoms with E-state index >= 15 is 0 Å². The van der Waals surface area contributed by atoms with Crippen molar-refractivity contribution in [2.24, 2.45) is 5.41 Å². The first kappa shape index (κ1) is 20.3. The van der Waals surface area contributed by atoms with Gasteiger partial charge >= 0.3 is 5.97 Å².